The maximum atomic E-state index is 5.76. The Kier molecular flexibility index (Phi) is 3.69. The summed E-state index contributed by atoms with van der Waals surface area (Å²) in [7, 11) is 0. The maximum absolute atomic E-state index is 5.76. The zero-order chi connectivity index (χ0) is 13.9. The van der Waals surface area contributed by atoms with Crippen molar-refractivity contribution in [2.75, 3.05) is 5.32 Å². The third-order valence-corrected chi connectivity index (χ3v) is 3.59. The summed E-state index contributed by atoms with van der Waals surface area (Å²) in [5.41, 5.74) is 2.10. The average Bonchev–Trinajstić information content (AvgIpc) is 2.92. The molecule has 5 nitrogen and oxygen atoms in total. The first kappa shape index (κ1) is 13.1. The summed E-state index contributed by atoms with van der Waals surface area (Å²) in [6, 6.07) is 8.66. The summed E-state index contributed by atoms with van der Waals surface area (Å²) < 4.78 is 5.76. The van der Waals surface area contributed by atoms with Gasteiger partial charge in [0.15, 0.2) is 0 Å². The predicted octanol–water partition coefficient (Wildman–Crippen LogP) is 2.64. The van der Waals surface area contributed by atoms with Crippen LogP contribution in [-0.2, 0) is 4.74 Å². The molecule has 0 radical (unpaired) electrons. The molecule has 1 saturated heterocycles. The van der Waals surface area contributed by atoms with Gasteiger partial charge in [-0.2, -0.15) is 15.0 Å². The normalized spacial score (nSPS) is 26.4. The van der Waals surface area contributed by atoms with Crippen LogP contribution >= 0.6 is 0 Å². The second-order valence-electron chi connectivity index (χ2n) is 5.44. The third-order valence-electron chi connectivity index (χ3n) is 3.59. The van der Waals surface area contributed by atoms with Crippen molar-refractivity contribution in [2.45, 2.75) is 44.9 Å². The fourth-order valence-electron chi connectivity index (χ4n) is 2.80. The van der Waals surface area contributed by atoms with Crippen LogP contribution in [0.15, 0.2) is 36.7 Å². The van der Waals surface area contributed by atoms with Crippen LogP contribution in [0.25, 0.3) is 5.69 Å². The molecule has 1 aromatic carbocycles. The molecule has 3 rings (SSSR count). The molecule has 1 aliphatic rings. The van der Waals surface area contributed by atoms with Crippen LogP contribution in [0, 0.1) is 0 Å². The summed E-state index contributed by atoms with van der Waals surface area (Å²) in [6.07, 6.45) is 6.10. The Bertz CT molecular complexity index is 528. The minimum Gasteiger partial charge on any atom is -0.382 e. The first-order chi connectivity index (χ1) is 9.70. The Morgan fingerprint density at radius 2 is 1.65 bits per heavy atom. The van der Waals surface area contributed by atoms with Crippen molar-refractivity contribution in [3.8, 4) is 5.69 Å². The number of anilines is 1. The van der Waals surface area contributed by atoms with Crippen molar-refractivity contribution < 1.29 is 4.74 Å². The lowest BCUT2D eigenvalue weighted by Crippen LogP contribution is -2.36. The number of rotatable bonds is 3. The van der Waals surface area contributed by atoms with E-state index < -0.39 is 0 Å². The van der Waals surface area contributed by atoms with Gasteiger partial charge in [-0.15, -0.1) is 0 Å². The molecule has 1 fully saturated rings. The third kappa shape index (κ3) is 2.99. The van der Waals surface area contributed by atoms with E-state index in [0.29, 0.717) is 18.2 Å². The van der Waals surface area contributed by atoms with Gasteiger partial charge in [-0.25, -0.2) is 0 Å². The first-order valence-corrected chi connectivity index (χ1v) is 7.09. The summed E-state index contributed by atoms with van der Waals surface area (Å²) in [5.74, 6) is 0. The van der Waals surface area contributed by atoms with Crippen LogP contribution < -0.4 is 5.32 Å². The Hall–Kier alpha value is -1.88. The molecule has 0 saturated carbocycles. The summed E-state index contributed by atoms with van der Waals surface area (Å²) in [4.78, 5) is 1.61. The predicted molar refractivity (Wildman–Crippen MR) is 78.0 cm³/mol. The highest BCUT2D eigenvalue weighted by Crippen LogP contribution is 2.23. The van der Waals surface area contributed by atoms with Gasteiger partial charge in [-0.1, -0.05) is 0 Å². The molecule has 0 spiro atoms. The molecule has 20 heavy (non-hydrogen) atoms. The van der Waals surface area contributed by atoms with E-state index in [-0.39, 0.29) is 0 Å². The summed E-state index contributed by atoms with van der Waals surface area (Å²) >= 11 is 0. The molecule has 2 unspecified atom stereocenters. The highest BCUT2D eigenvalue weighted by Gasteiger charge is 2.24. The molecule has 0 bridgehead atoms. The van der Waals surface area contributed by atoms with Gasteiger partial charge >= 0.3 is 0 Å². The van der Waals surface area contributed by atoms with Crippen molar-refractivity contribution in [1.29, 1.82) is 0 Å². The monoisotopic (exact) mass is 272 g/mol. The van der Waals surface area contributed by atoms with E-state index in [2.05, 4.69) is 41.5 Å². The SMILES string of the molecule is CC1CC(Nc2ccc(-n3nccn3)cc2)CC(C)O1. The lowest BCUT2D eigenvalue weighted by Gasteiger charge is -2.33. The van der Waals surface area contributed by atoms with Crippen molar-refractivity contribution in [1.82, 2.24) is 15.0 Å². The van der Waals surface area contributed by atoms with Gasteiger partial charge in [0.2, 0.25) is 0 Å². The van der Waals surface area contributed by atoms with Crippen molar-refractivity contribution in [2.24, 2.45) is 0 Å². The molecule has 0 amide bonds. The van der Waals surface area contributed by atoms with Crippen molar-refractivity contribution in [3.63, 3.8) is 0 Å². The minimum atomic E-state index is 0.323. The Labute approximate surface area is 118 Å². The van der Waals surface area contributed by atoms with Crippen molar-refractivity contribution in [3.05, 3.63) is 36.7 Å². The molecule has 1 aliphatic heterocycles. The van der Waals surface area contributed by atoms with E-state index in [1.807, 2.05) is 12.1 Å². The van der Waals surface area contributed by atoms with E-state index >= 15 is 0 Å². The Morgan fingerprint density at radius 1 is 1.05 bits per heavy atom. The van der Waals surface area contributed by atoms with Gasteiger partial charge in [0.05, 0.1) is 30.3 Å². The van der Waals surface area contributed by atoms with Gasteiger partial charge in [0.1, 0.15) is 0 Å². The second kappa shape index (κ2) is 5.63. The molecule has 5 heteroatoms. The van der Waals surface area contributed by atoms with Gasteiger partial charge in [-0.3, -0.25) is 0 Å². The topological polar surface area (TPSA) is 52.0 Å². The highest BCUT2D eigenvalue weighted by molar-refractivity contribution is 5.48. The van der Waals surface area contributed by atoms with Crippen LogP contribution in [0.5, 0.6) is 0 Å². The molecule has 2 aromatic rings. The van der Waals surface area contributed by atoms with Crippen LogP contribution in [0.2, 0.25) is 0 Å². The van der Waals surface area contributed by atoms with E-state index in [1.54, 1.807) is 17.2 Å². The first-order valence-electron chi connectivity index (χ1n) is 7.09. The van der Waals surface area contributed by atoms with E-state index in [4.69, 9.17) is 4.74 Å². The number of nitrogens with zero attached hydrogens (tertiary/aromatic N) is 3. The maximum Gasteiger partial charge on any atom is 0.0858 e. The molecular weight excluding hydrogens is 252 g/mol. The summed E-state index contributed by atoms with van der Waals surface area (Å²) in [5, 5.41) is 11.8. The fraction of sp³-hybridized carbons (Fsp3) is 0.467. The van der Waals surface area contributed by atoms with Gasteiger partial charge < -0.3 is 10.1 Å². The number of benzene rings is 1. The largest absolute Gasteiger partial charge is 0.382 e. The Balaban J connectivity index is 1.66. The molecule has 1 aromatic heterocycles. The van der Waals surface area contributed by atoms with E-state index in [1.165, 1.54) is 0 Å². The van der Waals surface area contributed by atoms with Gasteiger partial charge in [-0.05, 0) is 51.0 Å². The molecule has 106 valence electrons. The summed E-state index contributed by atoms with van der Waals surface area (Å²) in [6.45, 7) is 4.27. The van der Waals surface area contributed by atoms with Crippen LogP contribution in [-0.4, -0.2) is 33.2 Å². The minimum absolute atomic E-state index is 0.323. The fourth-order valence-corrected chi connectivity index (χ4v) is 2.80. The number of hydrogen-bond acceptors (Lipinski definition) is 4. The van der Waals surface area contributed by atoms with Crippen LogP contribution in [0.4, 0.5) is 5.69 Å². The lowest BCUT2D eigenvalue weighted by molar-refractivity contribution is -0.0337. The van der Waals surface area contributed by atoms with Crippen LogP contribution in [0.1, 0.15) is 26.7 Å². The molecule has 0 aliphatic carbocycles. The standard InChI is InChI=1S/C15H20N4O/c1-11-9-14(10-12(2)20-11)18-13-3-5-15(6-4-13)19-16-7-8-17-19/h3-8,11-12,14,18H,9-10H2,1-2H3. The zero-order valence-electron chi connectivity index (χ0n) is 11.9. The second-order valence-corrected chi connectivity index (χ2v) is 5.44. The number of ether oxygens (including phenoxy) is 1. The highest BCUT2D eigenvalue weighted by atomic mass is 16.5. The quantitative estimate of drug-likeness (QED) is 0.933. The van der Waals surface area contributed by atoms with E-state index in [9.17, 15) is 0 Å². The smallest absolute Gasteiger partial charge is 0.0858 e. The molecule has 2 heterocycles. The number of aromatic nitrogens is 3. The number of nitrogens with one attached hydrogen (secondary N) is 1. The van der Waals surface area contributed by atoms with Gasteiger partial charge in [0, 0.05) is 11.7 Å². The molecule has 1 N–H and O–H groups in total. The average molecular weight is 272 g/mol. The van der Waals surface area contributed by atoms with Crippen LogP contribution in [0.3, 0.4) is 0 Å². The zero-order valence-corrected chi connectivity index (χ0v) is 11.9. The lowest BCUT2D eigenvalue weighted by atomic mass is 9.99. The molecular formula is C15H20N4O. The molecule has 2 atom stereocenters. The Morgan fingerprint density at radius 3 is 2.25 bits per heavy atom. The number of hydrogen-bond donors (Lipinski definition) is 1. The van der Waals surface area contributed by atoms with E-state index in [0.717, 1.165) is 24.2 Å². The van der Waals surface area contributed by atoms with Crippen molar-refractivity contribution >= 4 is 5.69 Å². The van der Waals surface area contributed by atoms with Gasteiger partial charge in [0.25, 0.3) is 0 Å².